The number of carbonyl (C=O) groups is 1. The highest BCUT2D eigenvalue weighted by molar-refractivity contribution is 5.96. The van der Waals surface area contributed by atoms with Gasteiger partial charge >= 0.3 is 0 Å². The number of hydrogen-bond acceptors (Lipinski definition) is 4. The number of nitrogens with two attached hydrogens (primary N) is 1. The predicted molar refractivity (Wildman–Crippen MR) is 105 cm³/mol. The number of rotatable bonds is 9. The Balaban J connectivity index is 1.85. The fourth-order valence-corrected chi connectivity index (χ4v) is 2.70. The minimum Gasteiger partial charge on any atom is -0.492 e. The van der Waals surface area contributed by atoms with Crippen molar-refractivity contribution in [1.29, 1.82) is 0 Å². The fraction of sp³-hybridized carbons (Fsp3) is 0.409. The van der Waals surface area contributed by atoms with E-state index in [9.17, 15) is 4.79 Å². The fourth-order valence-electron chi connectivity index (χ4n) is 2.70. The summed E-state index contributed by atoms with van der Waals surface area (Å²) in [7, 11) is 0. The van der Waals surface area contributed by atoms with Crippen LogP contribution in [0.5, 0.6) is 5.75 Å². The summed E-state index contributed by atoms with van der Waals surface area (Å²) in [5.74, 6) is 0.780. The van der Waals surface area contributed by atoms with Crippen molar-refractivity contribution in [3.05, 3.63) is 64.7 Å². The molecule has 0 bridgehead atoms. The smallest absolute Gasteiger partial charge is 0.162 e. The van der Waals surface area contributed by atoms with Crippen molar-refractivity contribution in [3.8, 4) is 5.75 Å². The number of carbonyl (C=O) groups excluding carboxylic acids is 1. The Kier molecular flexibility index (Phi) is 6.95. The first-order chi connectivity index (χ1) is 12.3. The Hall–Kier alpha value is -2.17. The molecule has 2 aromatic rings. The van der Waals surface area contributed by atoms with E-state index in [1.807, 2.05) is 0 Å². The maximum Gasteiger partial charge on any atom is 0.162 e. The highest BCUT2D eigenvalue weighted by atomic mass is 16.5. The maximum absolute atomic E-state index is 12.4. The van der Waals surface area contributed by atoms with Crippen LogP contribution in [-0.2, 0) is 6.42 Å². The lowest BCUT2D eigenvalue weighted by atomic mass is 9.97. The summed E-state index contributed by atoms with van der Waals surface area (Å²) < 4.78 is 5.56. The number of ether oxygens (including phenoxy) is 1. The molecule has 0 aliphatic heterocycles. The first-order valence-electron chi connectivity index (χ1n) is 9.03. The molecule has 4 nitrogen and oxygen atoms in total. The number of benzene rings is 2. The molecule has 0 saturated carbocycles. The molecule has 140 valence electrons. The molecule has 0 saturated heterocycles. The third-order valence-corrected chi connectivity index (χ3v) is 4.67. The van der Waals surface area contributed by atoms with Gasteiger partial charge in [-0.05, 0) is 74.6 Å². The molecule has 2 rings (SSSR count). The second kappa shape index (κ2) is 8.97. The van der Waals surface area contributed by atoms with Gasteiger partial charge in [0.25, 0.3) is 0 Å². The summed E-state index contributed by atoms with van der Waals surface area (Å²) in [5, 5.41) is 9.14. The first-order valence-corrected chi connectivity index (χ1v) is 9.03. The molecule has 0 heterocycles. The van der Waals surface area contributed by atoms with Crippen LogP contribution < -0.4 is 10.5 Å². The van der Waals surface area contributed by atoms with Crippen LogP contribution in [0.3, 0.4) is 0 Å². The van der Waals surface area contributed by atoms with E-state index in [2.05, 4.69) is 32.0 Å². The van der Waals surface area contributed by atoms with Gasteiger partial charge in [-0.2, -0.15) is 0 Å². The lowest BCUT2D eigenvalue weighted by molar-refractivity contribution is 0.0980. The highest BCUT2D eigenvalue weighted by Gasteiger charge is 2.18. The molecule has 0 spiro atoms. The zero-order chi connectivity index (χ0) is 19.2. The molecule has 0 aliphatic carbocycles. The third kappa shape index (κ3) is 5.68. The minimum absolute atomic E-state index is 0.140. The number of ketones is 1. The SMILES string of the molecule is Cc1cccc(CCCC(=O)c2ccc(OCC(C)(N)CO)cc2)c1C. The zero-order valence-electron chi connectivity index (χ0n) is 15.9. The van der Waals surface area contributed by atoms with Crippen LogP contribution in [0, 0.1) is 13.8 Å². The molecule has 0 radical (unpaired) electrons. The Morgan fingerprint density at radius 2 is 1.85 bits per heavy atom. The van der Waals surface area contributed by atoms with Crippen LogP contribution in [0.2, 0.25) is 0 Å². The van der Waals surface area contributed by atoms with E-state index in [0.717, 1.165) is 12.8 Å². The summed E-state index contributed by atoms with van der Waals surface area (Å²) in [6, 6.07) is 13.4. The van der Waals surface area contributed by atoms with Crippen LogP contribution in [0.1, 0.15) is 46.8 Å². The van der Waals surface area contributed by atoms with Crippen LogP contribution in [0.25, 0.3) is 0 Å². The Labute approximate surface area is 156 Å². The van der Waals surface area contributed by atoms with E-state index in [4.69, 9.17) is 15.6 Å². The number of aryl methyl sites for hydroxylation is 2. The van der Waals surface area contributed by atoms with E-state index in [0.29, 0.717) is 17.7 Å². The third-order valence-electron chi connectivity index (χ3n) is 4.67. The molecule has 4 heteroatoms. The summed E-state index contributed by atoms with van der Waals surface area (Å²) >= 11 is 0. The predicted octanol–water partition coefficient (Wildman–Crippen LogP) is 3.60. The van der Waals surface area contributed by atoms with Crippen LogP contribution in [-0.4, -0.2) is 29.6 Å². The van der Waals surface area contributed by atoms with Gasteiger partial charge in [-0.1, -0.05) is 18.2 Å². The lowest BCUT2D eigenvalue weighted by Crippen LogP contribution is -2.45. The first kappa shape index (κ1) is 20.1. The van der Waals surface area contributed by atoms with Gasteiger partial charge in [0.15, 0.2) is 5.78 Å². The quantitative estimate of drug-likeness (QED) is 0.674. The highest BCUT2D eigenvalue weighted by Crippen LogP contribution is 2.18. The minimum atomic E-state index is -0.775. The van der Waals surface area contributed by atoms with Gasteiger partial charge in [-0.3, -0.25) is 4.79 Å². The van der Waals surface area contributed by atoms with Crippen LogP contribution in [0.4, 0.5) is 0 Å². The van der Waals surface area contributed by atoms with Gasteiger partial charge in [0, 0.05) is 12.0 Å². The lowest BCUT2D eigenvalue weighted by Gasteiger charge is -2.21. The van der Waals surface area contributed by atoms with Gasteiger partial charge < -0.3 is 15.6 Å². The molecule has 1 atom stereocenters. The van der Waals surface area contributed by atoms with Gasteiger partial charge in [0.1, 0.15) is 12.4 Å². The number of Topliss-reactive ketones (excluding diaryl/α,β-unsaturated/α-hetero) is 1. The van der Waals surface area contributed by atoms with Crippen molar-refractivity contribution in [2.45, 2.75) is 45.6 Å². The normalized spacial score (nSPS) is 13.3. The molecule has 26 heavy (non-hydrogen) atoms. The van der Waals surface area contributed by atoms with E-state index in [1.165, 1.54) is 16.7 Å². The van der Waals surface area contributed by atoms with Crippen molar-refractivity contribution in [2.24, 2.45) is 5.73 Å². The number of hydrogen-bond donors (Lipinski definition) is 2. The van der Waals surface area contributed by atoms with Gasteiger partial charge in [0.2, 0.25) is 0 Å². The van der Waals surface area contributed by atoms with Crippen molar-refractivity contribution >= 4 is 5.78 Å². The molecule has 0 amide bonds. The van der Waals surface area contributed by atoms with E-state index in [1.54, 1.807) is 31.2 Å². The van der Waals surface area contributed by atoms with Crippen molar-refractivity contribution in [2.75, 3.05) is 13.2 Å². The second-order valence-corrected chi connectivity index (χ2v) is 7.26. The van der Waals surface area contributed by atoms with E-state index in [-0.39, 0.29) is 19.0 Å². The molecule has 3 N–H and O–H groups in total. The molecular weight excluding hydrogens is 326 g/mol. The molecule has 0 aromatic heterocycles. The van der Waals surface area contributed by atoms with Crippen molar-refractivity contribution < 1.29 is 14.6 Å². The summed E-state index contributed by atoms with van der Waals surface area (Å²) in [5.41, 5.74) is 9.67. The monoisotopic (exact) mass is 355 g/mol. The number of aliphatic hydroxyl groups excluding tert-OH is 1. The second-order valence-electron chi connectivity index (χ2n) is 7.26. The maximum atomic E-state index is 12.4. The average Bonchev–Trinajstić information content (AvgIpc) is 2.64. The molecule has 2 aromatic carbocycles. The zero-order valence-corrected chi connectivity index (χ0v) is 15.9. The Morgan fingerprint density at radius 3 is 2.50 bits per heavy atom. The number of aliphatic hydroxyl groups is 1. The average molecular weight is 355 g/mol. The molecule has 1 unspecified atom stereocenters. The Bertz CT molecular complexity index is 736. The summed E-state index contributed by atoms with van der Waals surface area (Å²) in [4.78, 5) is 12.4. The van der Waals surface area contributed by atoms with E-state index >= 15 is 0 Å². The van der Waals surface area contributed by atoms with Crippen LogP contribution in [0.15, 0.2) is 42.5 Å². The Morgan fingerprint density at radius 1 is 1.15 bits per heavy atom. The van der Waals surface area contributed by atoms with E-state index < -0.39 is 5.54 Å². The summed E-state index contributed by atoms with van der Waals surface area (Å²) in [6.45, 7) is 6.03. The largest absolute Gasteiger partial charge is 0.492 e. The van der Waals surface area contributed by atoms with Gasteiger partial charge in [-0.15, -0.1) is 0 Å². The standard InChI is InChI=1S/C22H29NO3/c1-16-6-4-7-18(17(16)2)8-5-9-21(25)19-10-12-20(13-11-19)26-15-22(3,23)14-24/h4,6-7,10-13,24H,5,8-9,14-15,23H2,1-3H3. The van der Waals surface area contributed by atoms with Gasteiger partial charge in [0.05, 0.1) is 12.1 Å². The molecule has 0 aliphatic rings. The van der Waals surface area contributed by atoms with Gasteiger partial charge in [-0.25, -0.2) is 0 Å². The van der Waals surface area contributed by atoms with Crippen molar-refractivity contribution in [1.82, 2.24) is 0 Å². The summed E-state index contributed by atoms with van der Waals surface area (Å²) in [6.07, 6.45) is 2.28. The van der Waals surface area contributed by atoms with Crippen molar-refractivity contribution in [3.63, 3.8) is 0 Å². The molecular formula is C22H29NO3. The topological polar surface area (TPSA) is 72.5 Å². The van der Waals surface area contributed by atoms with Crippen LogP contribution >= 0.6 is 0 Å². The molecule has 0 fully saturated rings.